The normalized spacial score (nSPS) is 17.8. The molecule has 1 fully saturated rings. The summed E-state index contributed by atoms with van der Waals surface area (Å²) in [5.41, 5.74) is 1.58. The third kappa shape index (κ3) is 2.96. The summed E-state index contributed by atoms with van der Waals surface area (Å²) >= 11 is 0. The highest BCUT2D eigenvalue weighted by atomic mass is 16.2. The van der Waals surface area contributed by atoms with Crippen LogP contribution in [-0.2, 0) is 4.79 Å². The summed E-state index contributed by atoms with van der Waals surface area (Å²) in [6.07, 6.45) is 8.41. The van der Waals surface area contributed by atoms with E-state index in [0.29, 0.717) is 5.95 Å². The molecular formula is C14H16N6O. The number of hydrogen-bond donors (Lipinski definition) is 1. The predicted molar refractivity (Wildman–Crippen MR) is 76.7 cm³/mol. The number of amides is 1. The van der Waals surface area contributed by atoms with Gasteiger partial charge in [0.15, 0.2) is 0 Å². The summed E-state index contributed by atoms with van der Waals surface area (Å²) < 4.78 is 0. The van der Waals surface area contributed by atoms with Gasteiger partial charge in [-0.15, -0.1) is 0 Å². The Labute approximate surface area is 122 Å². The molecule has 3 heterocycles. The Balaban J connectivity index is 1.81. The Kier molecular flexibility index (Phi) is 3.72. The van der Waals surface area contributed by atoms with E-state index >= 15 is 0 Å². The molecule has 0 bridgehead atoms. The fourth-order valence-electron chi connectivity index (χ4n) is 2.56. The molecule has 0 saturated carbocycles. The second-order valence-electron chi connectivity index (χ2n) is 4.93. The highest BCUT2D eigenvalue weighted by molar-refractivity contribution is 5.74. The van der Waals surface area contributed by atoms with Gasteiger partial charge in [0.25, 0.3) is 0 Å². The number of hydrogen-bond acceptors (Lipinski definition) is 6. The standard InChI is InChI=1S/C14H16N6O/c1-10(21)20-6-2-3-13(20)12-4-5-17-14(19-12)18-11-7-15-9-16-8-11/h4-5,7-9,13H,2-3,6H2,1H3,(H,17,18,19). The summed E-state index contributed by atoms with van der Waals surface area (Å²) in [5.74, 6) is 0.569. The van der Waals surface area contributed by atoms with E-state index in [9.17, 15) is 4.79 Å². The van der Waals surface area contributed by atoms with Gasteiger partial charge in [0.1, 0.15) is 6.33 Å². The minimum absolute atomic E-state index is 0.0399. The molecule has 1 saturated heterocycles. The van der Waals surface area contributed by atoms with Gasteiger partial charge in [-0.1, -0.05) is 0 Å². The molecule has 7 nitrogen and oxygen atoms in total. The molecule has 1 N–H and O–H groups in total. The van der Waals surface area contributed by atoms with Gasteiger partial charge >= 0.3 is 0 Å². The van der Waals surface area contributed by atoms with Gasteiger partial charge in [0.05, 0.1) is 29.8 Å². The van der Waals surface area contributed by atoms with Crippen molar-refractivity contribution in [3.63, 3.8) is 0 Å². The van der Waals surface area contributed by atoms with Crippen LogP contribution >= 0.6 is 0 Å². The Hall–Kier alpha value is -2.57. The van der Waals surface area contributed by atoms with Gasteiger partial charge in [-0.25, -0.2) is 19.9 Å². The largest absolute Gasteiger partial charge is 0.334 e. The van der Waals surface area contributed by atoms with E-state index in [-0.39, 0.29) is 11.9 Å². The molecule has 1 atom stereocenters. The highest BCUT2D eigenvalue weighted by Gasteiger charge is 2.29. The fraction of sp³-hybridized carbons (Fsp3) is 0.357. The Bertz CT molecular complexity index is 632. The Morgan fingerprint density at radius 2 is 2.19 bits per heavy atom. The molecule has 0 aliphatic carbocycles. The van der Waals surface area contributed by atoms with Crippen molar-refractivity contribution >= 4 is 17.5 Å². The smallest absolute Gasteiger partial charge is 0.227 e. The van der Waals surface area contributed by atoms with Crippen LogP contribution in [0.3, 0.4) is 0 Å². The van der Waals surface area contributed by atoms with E-state index < -0.39 is 0 Å². The van der Waals surface area contributed by atoms with Crippen LogP contribution in [0, 0.1) is 0 Å². The van der Waals surface area contributed by atoms with Crippen molar-refractivity contribution in [2.75, 3.05) is 11.9 Å². The zero-order chi connectivity index (χ0) is 14.7. The molecule has 0 radical (unpaired) electrons. The van der Waals surface area contributed by atoms with Gasteiger partial charge in [-0.3, -0.25) is 4.79 Å². The van der Waals surface area contributed by atoms with E-state index in [1.807, 2.05) is 11.0 Å². The molecule has 0 aromatic carbocycles. The average molecular weight is 284 g/mol. The lowest BCUT2D eigenvalue weighted by atomic mass is 10.1. The maximum Gasteiger partial charge on any atom is 0.227 e. The fourth-order valence-corrected chi connectivity index (χ4v) is 2.56. The molecule has 1 aliphatic rings. The lowest BCUT2D eigenvalue weighted by molar-refractivity contribution is -0.129. The van der Waals surface area contributed by atoms with Crippen LogP contribution in [0.15, 0.2) is 31.0 Å². The molecular weight excluding hydrogens is 268 g/mol. The minimum Gasteiger partial charge on any atom is -0.334 e. The minimum atomic E-state index is 0.0399. The van der Waals surface area contributed by atoms with Crippen molar-refractivity contribution in [2.24, 2.45) is 0 Å². The summed E-state index contributed by atoms with van der Waals surface area (Å²) in [5, 5.41) is 3.06. The zero-order valence-electron chi connectivity index (χ0n) is 11.7. The van der Waals surface area contributed by atoms with E-state index in [4.69, 9.17) is 0 Å². The third-order valence-electron chi connectivity index (χ3n) is 3.49. The van der Waals surface area contributed by atoms with Crippen molar-refractivity contribution in [3.8, 4) is 0 Å². The molecule has 2 aromatic rings. The maximum absolute atomic E-state index is 11.7. The van der Waals surface area contributed by atoms with Crippen molar-refractivity contribution in [3.05, 3.63) is 36.7 Å². The summed E-state index contributed by atoms with van der Waals surface area (Å²) in [6, 6.07) is 1.90. The molecule has 2 aromatic heterocycles. The Morgan fingerprint density at radius 1 is 1.38 bits per heavy atom. The maximum atomic E-state index is 11.7. The highest BCUT2D eigenvalue weighted by Crippen LogP contribution is 2.31. The van der Waals surface area contributed by atoms with Gasteiger partial charge in [-0.2, -0.15) is 0 Å². The number of aromatic nitrogens is 4. The van der Waals surface area contributed by atoms with Gasteiger partial charge in [0, 0.05) is 19.7 Å². The zero-order valence-corrected chi connectivity index (χ0v) is 11.7. The molecule has 1 amide bonds. The monoisotopic (exact) mass is 284 g/mol. The number of anilines is 2. The third-order valence-corrected chi connectivity index (χ3v) is 3.49. The number of rotatable bonds is 3. The van der Waals surface area contributed by atoms with Crippen LogP contribution in [0.4, 0.5) is 11.6 Å². The van der Waals surface area contributed by atoms with E-state index in [1.54, 1.807) is 25.5 Å². The van der Waals surface area contributed by atoms with Crippen LogP contribution in [0.5, 0.6) is 0 Å². The summed E-state index contributed by atoms with van der Waals surface area (Å²) in [4.78, 5) is 30.1. The summed E-state index contributed by atoms with van der Waals surface area (Å²) in [7, 11) is 0. The number of likely N-dealkylation sites (tertiary alicyclic amines) is 1. The van der Waals surface area contributed by atoms with Gasteiger partial charge in [0.2, 0.25) is 11.9 Å². The topological polar surface area (TPSA) is 83.9 Å². The van der Waals surface area contributed by atoms with Crippen molar-refractivity contribution < 1.29 is 4.79 Å². The van der Waals surface area contributed by atoms with E-state index in [0.717, 1.165) is 30.8 Å². The van der Waals surface area contributed by atoms with Crippen LogP contribution < -0.4 is 5.32 Å². The van der Waals surface area contributed by atoms with Crippen molar-refractivity contribution in [1.82, 2.24) is 24.8 Å². The molecule has 3 rings (SSSR count). The van der Waals surface area contributed by atoms with Crippen LogP contribution in [0.1, 0.15) is 31.5 Å². The molecule has 108 valence electrons. The van der Waals surface area contributed by atoms with Crippen LogP contribution in [-0.4, -0.2) is 37.3 Å². The second kappa shape index (κ2) is 5.82. The number of nitrogens with one attached hydrogen (secondary N) is 1. The SMILES string of the molecule is CC(=O)N1CCCC1c1ccnc(Nc2cncnc2)n1. The lowest BCUT2D eigenvalue weighted by Gasteiger charge is -2.22. The Morgan fingerprint density at radius 3 is 2.95 bits per heavy atom. The van der Waals surface area contributed by atoms with Crippen LogP contribution in [0.2, 0.25) is 0 Å². The molecule has 21 heavy (non-hydrogen) atoms. The quantitative estimate of drug-likeness (QED) is 0.923. The lowest BCUT2D eigenvalue weighted by Crippen LogP contribution is -2.28. The molecule has 1 aliphatic heterocycles. The number of carbonyl (C=O) groups excluding carboxylic acids is 1. The van der Waals surface area contributed by atoms with Crippen molar-refractivity contribution in [2.45, 2.75) is 25.8 Å². The van der Waals surface area contributed by atoms with Gasteiger partial charge in [-0.05, 0) is 18.9 Å². The number of carbonyl (C=O) groups is 1. The first-order chi connectivity index (χ1) is 10.2. The van der Waals surface area contributed by atoms with Crippen molar-refractivity contribution in [1.29, 1.82) is 0 Å². The van der Waals surface area contributed by atoms with Gasteiger partial charge < -0.3 is 10.2 Å². The molecule has 1 unspecified atom stereocenters. The van der Waals surface area contributed by atoms with E-state index in [1.165, 1.54) is 6.33 Å². The molecule has 7 heteroatoms. The number of nitrogens with zero attached hydrogens (tertiary/aromatic N) is 5. The second-order valence-corrected chi connectivity index (χ2v) is 4.93. The first-order valence-corrected chi connectivity index (χ1v) is 6.86. The first-order valence-electron chi connectivity index (χ1n) is 6.86. The average Bonchev–Trinajstić information content (AvgIpc) is 2.98. The van der Waals surface area contributed by atoms with Crippen LogP contribution in [0.25, 0.3) is 0 Å². The predicted octanol–water partition coefficient (Wildman–Crippen LogP) is 1.69. The van der Waals surface area contributed by atoms with E-state index in [2.05, 4.69) is 25.3 Å². The summed E-state index contributed by atoms with van der Waals surface area (Å²) in [6.45, 7) is 2.39. The first kappa shape index (κ1) is 13.4. The molecule has 0 spiro atoms.